The fourth-order valence-electron chi connectivity index (χ4n) is 2.58. The zero-order valence-electron chi connectivity index (χ0n) is 10.9. The highest BCUT2D eigenvalue weighted by atomic mass is 32.2. The lowest BCUT2D eigenvalue weighted by atomic mass is 10.1. The molecule has 0 radical (unpaired) electrons. The van der Waals surface area contributed by atoms with E-state index in [-0.39, 0.29) is 29.5 Å². The lowest BCUT2D eigenvalue weighted by Gasteiger charge is -2.28. The Morgan fingerprint density at radius 2 is 2.00 bits per heavy atom. The maximum atomic E-state index is 12.2. The van der Waals surface area contributed by atoms with Crippen LogP contribution in [-0.2, 0) is 14.6 Å². The number of rotatable bonds is 2. The fraction of sp³-hybridized carbons (Fsp3) is 0.462. The molecule has 108 valence electrons. The van der Waals surface area contributed by atoms with E-state index in [0.29, 0.717) is 13.0 Å². The minimum atomic E-state index is -2.97. The molecule has 20 heavy (non-hydrogen) atoms. The standard InChI is InChI=1S/C13H17N3O3S/c17-13(15-9-5-6-20(18,19)8-9)12-7-14-10-3-1-2-4-11(10)16-12/h1-4,9,12,14,16H,5-8H2,(H,15,17). The van der Waals surface area contributed by atoms with Crippen LogP contribution in [0.25, 0.3) is 0 Å². The first-order chi connectivity index (χ1) is 9.53. The Balaban J connectivity index is 1.62. The van der Waals surface area contributed by atoms with Crippen LogP contribution >= 0.6 is 0 Å². The molecule has 2 aliphatic rings. The topological polar surface area (TPSA) is 87.3 Å². The highest BCUT2D eigenvalue weighted by Crippen LogP contribution is 2.25. The van der Waals surface area contributed by atoms with E-state index in [1.54, 1.807) is 0 Å². The van der Waals surface area contributed by atoms with Gasteiger partial charge in [0.2, 0.25) is 5.91 Å². The van der Waals surface area contributed by atoms with E-state index in [2.05, 4.69) is 16.0 Å². The van der Waals surface area contributed by atoms with E-state index in [1.165, 1.54) is 0 Å². The normalized spacial score (nSPS) is 27.0. The molecule has 2 aliphatic heterocycles. The molecule has 0 aromatic heterocycles. The molecule has 1 fully saturated rings. The van der Waals surface area contributed by atoms with Crippen molar-refractivity contribution in [2.24, 2.45) is 0 Å². The summed E-state index contributed by atoms with van der Waals surface area (Å²) < 4.78 is 22.8. The van der Waals surface area contributed by atoms with Gasteiger partial charge in [-0.05, 0) is 18.6 Å². The fourth-order valence-corrected chi connectivity index (χ4v) is 4.26. The number of hydrogen-bond donors (Lipinski definition) is 3. The van der Waals surface area contributed by atoms with Gasteiger partial charge in [0.1, 0.15) is 6.04 Å². The summed E-state index contributed by atoms with van der Waals surface area (Å²) in [6.07, 6.45) is 0.505. The van der Waals surface area contributed by atoms with Gasteiger partial charge in [0, 0.05) is 12.6 Å². The van der Waals surface area contributed by atoms with Crippen LogP contribution in [0.5, 0.6) is 0 Å². The van der Waals surface area contributed by atoms with Crippen molar-refractivity contribution in [2.75, 3.05) is 28.7 Å². The second-order valence-electron chi connectivity index (χ2n) is 5.23. The van der Waals surface area contributed by atoms with Gasteiger partial charge in [-0.1, -0.05) is 12.1 Å². The predicted molar refractivity (Wildman–Crippen MR) is 77.5 cm³/mol. The van der Waals surface area contributed by atoms with E-state index < -0.39 is 9.84 Å². The van der Waals surface area contributed by atoms with Gasteiger partial charge < -0.3 is 16.0 Å². The van der Waals surface area contributed by atoms with Crippen LogP contribution in [0.4, 0.5) is 11.4 Å². The van der Waals surface area contributed by atoms with Crippen molar-refractivity contribution in [1.82, 2.24) is 5.32 Å². The summed E-state index contributed by atoms with van der Waals surface area (Å²) >= 11 is 0. The van der Waals surface area contributed by atoms with E-state index in [9.17, 15) is 13.2 Å². The second-order valence-corrected chi connectivity index (χ2v) is 7.46. The molecule has 7 heteroatoms. The number of carbonyl (C=O) groups excluding carboxylic acids is 1. The maximum Gasteiger partial charge on any atom is 0.244 e. The molecule has 0 bridgehead atoms. The molecule has 2 unspecified atom stereocenters. The number of hydrogen-bond acceptors (Lipinski definition) is 5. The Bertz CT molecular complexity index is 630. The van der Waals surface area contributed by atoms with Crippen LogP contribution < -0.4 is 16.0 Å². The highest BCUT2D eigenvalue weighted by Gasteiger charge is 2.31. The van der Waals surface area contributed by atoms with Gasteiger partial charge in [-0.3, -0.25) is 4.79 Å². The SMILES string of the molecule is O=C(NC1CCS(=O)(=O)C1)C1CNc2ccccc2N1. The number of anilines is 2. The summed E-state index contributed by atoms with van der Waals surface area (Å²) in [5, 5.41) is 9.17. The average molecular weight is 295 g/mol. The Morgan fingerprint density at radius 3 is 2.70 bits per heavy atom. The first-order valence-electron chi connectivity index (χ1n) is 6.64. The predicted octanol–water partition coefficient (Wildman–Crippen LogP) is 0.196. The van der Waals surface area contributed by atoms with Gasteiger partial charge in [0.05, 0.1) is 22.9 Å². The Hall–Kier alpha value is -1.76. The van der Waals surface area contributed by atoms with Gasteiger partial charge in [0.15, 0.2) is 9.84 Å². The number of nitrogens with one attached hydrogen (secondary N) is 3. The number of benzene rings is 1. The second kappa shape index (κ2) is 4.97. The van der Waals surface area contributed by atoms with Crippen LogP contribution in [-0.4, -0.2) is 44.5 Å². The average Bonchev–Trinajstić information content (AvgIpc) is 2.77. The van der Waals surface area contributed by atoms with Crippen LogP contribution in [0.15, 0.2) is 24.3 Å². The van der Waals surface area contributed by atoms with Crippen LogP contribution in [0.3, 0.4) is 0 Å². The zero-order valence-corrected chi connectivity index (χ0v) is 11.7. The Labute approximate surface area is 117 Å². The summed E-state index contributed by atoms with van der Waals surface area (Å²) in [7, 11) is -2.97. The zero-order chi connectivity index (χ0) is 14.2. The highest BCUT2D eigenvalue weighted by molar-refractivity contribution is 7.91. The molecule has 3 rings (SSSR count). The summed E-state index contributed by atoms with van der Waals surface area (Å²) in [4.78, 5) is 12.2. The first kappa shape index (κ1) is 13.2. The van der Waals surface area contributed by atoms with Gasteiger partial charge in [-0.15, -0.1) is 0 Å². The molecule has 6 nitrogen and oxygen atoms in total. The third-order valence-electron chi connectivity index (χ3n) is 3.65. The molecular weight excluding hydrogens is 278 g/mol. The van der Waals surface area contributed by atoms with E-state index in [1.807, 2.05) is 24.3 Å². The van der Waals surface area contributed by atoms with E-state index in [4.69, 9.17) is 0 Å². The lowest BCUT2D eigenvalue weighted by molar-refractivity contribution is -0.122. The third kappa shape index (κ3) is 2.72. The number of sulfone groups is 1. The first-order valence-corrected chi connectivity index (χ1v) is 8.46. The third-order valence-corrected chi connectivity index (χ3v) is 5.42. The van der Waals surface area contributed by atoms with E-state index in [0.717, 1.165) is 11.4 Å². The van der Waals surface area contributed by atoms with Gasteiger partial charge in [0.25, 0.3) is 0 Å². The molecule has 0 saturated carbocycles. The van der Waals surface area contributed by atoms with Crippen molar-refractivity contribution < 1.29 is 13.2 Å². The van der Waals surface area contributed by atoms with Gasteiger partial charge >= 0.3 is 0 Å². The van der Waals surface area contributed by atoms with Crippen molar-refractivity contribution in [1.29, 1.82) is 0 Å². The maximum absolute atomic E-state index is 12.2. The molecule has 0 spiro atoms. The van der Waals surface area contributed by atoms with Crippen molar-refractivity contribution in [3.63, 3.8) is 0 Å². The molecule has 0 aliphatic carbocycles. The summed E-state index contributed by atoms with van der Waals surface area (Å²) in [5.74, 6) is 0.0566. The summed E-state index contributed by atoms with van der Waals surface area (Å²) in [6.45, 7) is 0.488. The largest absolute Gasteiger partial charge is 0.381 e. The Kier molecular flexibility index (Phi) is 3.29. The number of para-hydroxylation sites is 2. The molecule has 1 amide bonds. The smallest absolute Gasteiger partial charge is 0.244 e. The monoisotopic (exact) mass is 295 g/mol. The minimum Gasteiger partial charge on any atom is -0.381 e. The number of carbonyl (C=O) groups is 1. The van der Waals surface area contributed by atoms with Crippen molar-refractivity contribution >= 4 is 27.1 Å². The van der Waals surface area contributed by atoms with Crippen molar-refractivity contribution in [2.45, 2.75) is 18.5 Å². The summed E-state index contributed by atoms with van der Waals surface area (Å²) in [6, 6.07) is 7.04. The van der Waals surface area contributed by atoms with Crippen LogP contribution in [0.2, 0.25) is 0 Å². The minimum absolute atomic E-state index is 0.0511. The molecule has 1 aromatic carbocycles. The van der Waals surface area contributed by atoms with Gasteiger partial charge in [-0.2, -0.15) is 0 Å². The molecule has 1 aromatic rings. The number of amides is 1. The lowest BCUT2D eigenvalue weighted by Crippen LogP contribution is -2.49. The molecular formula is C13H17N3O3S. The molecule has 1 saturated heterocycles. The van der Waals surface area contributed by atoms with Crippen LogP contribution in [0.1, 0.15) is 6.42 Å². The summed E-state index contributed by atoms with van der Waals surface area (Å²) in [5.41, 5.74) is 1.86. The van der Waals surface area contributed by atoms with Crippen molar-refractivity contribution in [3.8, 4) is 0 Å². The van der Waals surface area contributed by atoms with Gasteiger partial charge in [-0.25, -0.2) is 8.42 Å². The number of fused-ring (bicyclic) bond motifs is 1. The quantitative estimate of drug-likeness (QED) is 0.725. The van der Waals surface area contributed by atoms with Crippen LogP contribution in [0, 0.1) is 0 Å². The van der Waals surface area contributed by atoms with E-state index >= 15 is 0 Å². The molecule has 2 heterocycles. The molecule has 3 N–H and O–H groups in total. The molecule has 2 atom stereocenters. The Morgan fingerprint density at radius 1 is 1.25 bits per heavy atom. The van der Waals surface area contributed by atoms with Crippen molar-refractivity contribution in [3.05, 3.63) is 24.3 Å².